The van der Waals surface area contributed by atoms with Crippen LogP contribution < -0.4 is 5.32 Å². The highest BCUT2D eigenvalue weighted by Gasteiger charge is 2.34. The molecule has 1 atom stereocenters. The Bertz CT molecular complexity index is 1760. The fourth-order valence-electron chi connectivity index (χ4n) is 5.81. The van der Waals surface area contributed by atoms with Crippen molar-refractivity contribution in [1.29, 1.82) is 0 Å². The van der Waals surface area contributed by atoms with Crippen LogP contribution in [-0.4, -0.2) is 55.1 Å². The van der Waals surface area contributed by atoms with Crippen molar-refractivity contribution in [1.82, 2.24) is 14.5 Å². The van der Waals surface area contributed by atoms with Crippen molar-refractivity contribution in [3.05, 3.63) is 112 Å². The molecule has 10 heteroatoms. The molecular weight excluding hydrogens is 629 g/mol. The molecule has 0 heterocycles. The number of amides is 2. The SMILES string of the molecule is CN(CC(=O)N(Cc1ccc(Cl)c(Cl)c1)[C@H](Cc1ccccc1)C(=O)NC1CCCCC1)S(=O)(=O)c1ccc2ccccc2c1. The van der Waals surface area contributed by atoms with Gasteiger partial charge in [-0.15, -0.1) is 0 Å². The van der Waals surface area contributed by atoms with Crippen molar-refractivity contribution in [2.45, 2.75) is 62.0 Å². The first-order chi connectivity index (χ1) is 21.6. The molecule has 1 fully saturated rings. The smallest absolute Gasteiger partial charge is 0.243 e. The number of hydrogen-bond acceptors (Lipinski definition) is 4. The number of carbonyl (C=O) groups is 2. The Morgan fingerprint density at radius 1 is 0.822 bits per heavy atom. The Morgan fingerprint density at radius 3 is 2.22 bits per heavy atom. The average molecular weight is 667 g/mol. The molecule has 5 rings (SSSR count). The molecule has 0 radical (unpaired) electrons. The van der Waals surface area contributed by atoms with Crippen LogP contribution >= 0.6 is 23.2 Å². The van der Waals surface area contributed by atoms with Crippen LogP contribution in [0.5, 0.6) is 0 Å². The van der Waals surface area contributed by atoms with Crippen molar-refractivity contribution in [3.8, 4) is 0 Å². The van der Waals surface area contributed by atoms with Crippen molar-refractivity contribution in [2.24, 2.45) is 0 Å². The standard InChI is InChI=1S/C35H37Cl2N3O4S/c1-39(45(43,44)30-18-17-27-12-8-9-13-28(27)22-30)24-34(41)40(23-26-16-19-31(36)32(37)20-26)33(21-25-10-4-2-5-11-25)35(42)38-29-14-6-3-7-15-29/h2,4-5,8-13,16-20,22,29,33H,3,6-7,14-15,21,23-24H2,1H3,(H,38,42)/t33-/m1/s1. The van der Waals surface area contributed by atoms with E-state index in [1.807, 2.05) is 54.6 Å². The molecular formula is C35H37Cl2N3O4S. The summed E-state index contributed by atoms with van der Waals surface area (Å²) in [6.07, 6.45) is 5.25. The van der Waals surface area contributed by atoms with Crippen molar-refractivity contribution in [2.75, 3.05) is 13.6 Å². The van der Waals surface area contributed by atoms with E-state index in [1.165, 1.54) is 11.9 Å². The molecule has 0 aromatic heterocycles. The fourth-order valence-corrected chi connectivity index (χ4v) is 7.28. The maximum absolute atomic E-state index is 14.2. The van der Waals surface area contributed by atoms with Gasteiger partial charge in [-0.1, -0.05) is 109 Å². The third-order valence-electron chi connectivity index (χ3n) is 8.35. The highest BCUT2D eigenvalue weighted by atomic mass is 35.5. The zero-order chi connectivity index (χ0) is 32.0. The fraction of sp³-hybridized carbons (Fsp3) is 0.314. The largest absolute Gasteiger partial charge is 0.352 e. The topological polar surface area (TPSA) is 86.8 Å². The molecule has 1 aliphatic rings. The molecule has 236 valence electrons. The van der Waals surface area contributed by atoms with Crippen LogP contribution in [0.15, 0.2) is 95.9 Å². The van der Waals surface area contributed by atoms with Gasteiger partial charge in [-0.25, -0.2) is 8.42 Å². The third kappa shape index (κ3) is 8.24. The summed E-state index contributed by atoms with van der Waals surface area (Å²) in [6.45, 7) is -0.423. The number of likely N-dealkylation sites (N-methyl/N-ethyl adjacent to an activating group) is 1. The zero-order valence-corrected chi connectivity index (χ0v) is 27.5. The second-order valence-electron chi connectivity index (χ2n) is 11.6. The maximum Gasteiger partial charge on any atom is 0.243 e. The quantitative estimate of drug-likeness (QED) is 0.190. The Balaban J connectivity index is 1.47. The van der Waals surface area contributed by atoms with Crippen LogP contribution in [0.2, 0.25) is 10.0 Å². The molecule has 45 heavy (non-hydrogen) atoms. The second kappa shape index (κ2) is 14.8. The van der Waals surface area contributed by atoms with E-state index < -0.39 is 28.5 Å². The van der Waals surface area contributed by atoms with E-state index in [9.17, 15) is 18.0 Å². The molecule has 0 unspecified atom stereocenters. The molecule has 2 amide bonds. The first-order valence-corrected chi connectivity index (χ1v) is 17.3. The second-order valence-corrected chi connectivity index (χ2v) is 14.4. The lowest BCUT2D eigenvalue weighted by molar-refractivity contribution is -0.141. The van der Waals surface area contributed by atoms with Crippen LogP contribution in [0.1, 0.15) is 43.2 Å². The number of halogens is 2. The lowest BCUT2D eigenvalue weighted by Gasteiger charge is -2.34. The summed E-state index contributed by atoms with van der Waals surface area (Å²) in [5, 5.41) is 5.58. The van der Waals surface area contributed by atoms with E-state index in [0.717, 1.165) is 52.7 Å². The number of nitrogens with zero attached hydrogens (tertiary/aromatic N) is 2. The van der Waals surface area contributed by atoms with Gasteiger partial charge in [0.1, 0.15) is 6.04 Å². The molecule has 4 aromatic carbocycles. The summed E-state index contributed by atoms with van der Waals surface area (Å²) in [5.41, 5.74) is 1.55. The van der Waals surface area contributed by atoms with Gasteiger partial charge in [0, 0.05) is 26.1 Å². The van der Waals surface area contributed by atoms with Gasteiger partial charge in [0.15, 0.2) is 0 Å². The van der Waals surface area contributed by atoms with Crippen molar-refractivity contribution >= 4 is 55.8 Å². The lowest BCUT2D eigenvalue weighted by atomic mass is 9.94. The number of rotatable bonds is 11. The number of nitrogens with one attached hydrogen (secondary N) is 1. The third-order valence-corrected chi connectivity index (χ3v) is 10.9. The van der Waals surface area contributed by atoms with E-state index in [2.05, 4.69) is 5.32 Å². The molecule has 0 saturated heterocycles. The highest BCUT2D eigenvalue weighted by molar-refractivity contribution is 7.89. The summed E-state index contributed by atoms with van der Waals surface area (Å²) >= 11 is 12.5. The number of sulfonamides is 1. The Kier molecular flexibility index (Phi) is 10.8. The van der Waals surface area contributed by atoms with Crippen LogP contribution in [-0.2, 0) is 32.6 Å². The molecule has 7 nitrogen and oxygen atoms in total. The molecule has 4 aromatic rings. The normalized spacial score (nSPS) is 14.8. The monoisotopic (exact) mass is 665 g/mol. The van der Waals surface area contributed by atoms with Gasteiger partial charge in [0.05, 0.1) is 21.5 Å². The van der Waals surface area contributed by atoms with Crippen LogP contribution in [0, 0.1) is 0 Å². The van der Waals surface area contributed by atoms with Crippen LogP contribution in [0.25, 0.3) is 10.8 Å². The minimum absolute atomic E-state index is 0.0300. The molecule has 0 aliphatic heterocycles. The molecule has 0 bridgehead atoms. The number of fused-ring (bicyclic) bond motifs is 1. The predicted molar refractivity (Wildman–Crippen MR) is 180 cm³/mol. The molecule has 1 aliphatic carbocycles. The summed E-state index contributed by atoms with van der Waals surface area (Å²) in [4.78, 5) is 29.8. The van der Waals surface area contributed by atoms with Gasteiger partial charge in [0.2, 0.25) is 21.8 Å². The van der Waals surface area contributed by atoms with Gasteiger partial charge >= 0.3 is 0 Å². The van der Waals surface area contributed by atoms with Gasteiger partial charge < -0.3 is 10.2 Å². The molecule has 0 spiro atoms. The summed E-state index contributed by atoms with van der Waals surface area (Å²) < 4.78 is 28.4. The van der Waals surface area contributed by atoms with E-state index in [1.54, 1.807) is 36.4 Å². The average Bonchev–Trinajstić information content (AvgIpc) is 3.05. The van der Waals surface area contributed by atoms with E-state index in [-0.39, 0.29) is 29.8 Å². The van der Waals surface area contributed by atoms with Crippen LogP contribution in [0.3, 0.4) is 0 Å². The van der Waals surface area contributed by atoms with Gasteiger partial charge in [-0.3, -0.25) is 9.59 Å². The zero-order valence-electron chi connectivity index (χ0n) is 25.2. The maximum atomic E-state index is 14.2. The molecule has 1 N–H and O–H groups in total. The summed E-state index contributed by atoms with van der Waals surface area (Å²) in [5.74, 6) is -0.771. The summed E-state index contributed by atoms with van der Waals surface area (Å²) in [6, 6.07) is 26.1. The minimum Gasteiger partial charge on any atom is -0.352 e. The number of carbonyl (C=O) groups excluding carboxylic acids is 2. The van der Waals surface area contributed by atoms with E-state index in [0.29, 0.717) is 15.6 Å². The van der Waals surface area contributed by atoms with Gasteiger partial charge in [0.25, 0.3) is 0 Å². The highest BCUT2D eigenvalue weighted by Crippen LogP contribution is 2.26. The number of benzene rings is 4. The van der Waals surface area contributed by atoms with Gasteiger partial charge in [-0.05, 0) is 59.0 Å². The van der Waals surface area contributed by atoms with E-state index >= 15 is 0 Å². The predicted octanol–water partition coefficient (Wildman–Crippen LogP) is 6.86. The minimum atomic E-state index is -4.03. The van der Waals surface area contributed by atoms with E-state index in [4.69, 9.17) is 23.2 Å². The Hall–Kier alpha value is -3.43. The first-order valence-electron chi connectivity index (χ1n) is 15.1. The van der Waals surface area contributed by atoms with Gasteiger partial charge in [-0.2, -0.15) is 4.31 Å². The van der Waals surface area contributed by atoms with Crippen molar-refractivity contribution < 1.29 is 18.0 Å². The molecule has 1 saturated carbocycles. The van der Waals surface area contributed by atoms with Crippen LogP contribution in [0.4, 0.5) is 0 Å². The Morgan fingerprint density at radius 2 is 1.51 bits per heavy atom. The number of hydrogen-bond donors (Lipinski definition) is 1. The lowest BCUT2D eigenvalue weighted by Crippen LogP contribution is -2.54. The first kappa shape index (κ1) is 32.9. The summed E-state index contributed by atoms with van der Waals surface area (Å²) in [7, 11) is -2.64. The van der Waals surface area contributed by atoms with Crippen molar-refractivity contribution in [3.63, 3.8) is 0 Å². The Labute approximate surface area is 275 Å².